The van der Waals surface area contributed by atoms with Crippen molar-refractivity contribution in [3.05, 3.63) is 58.1 Å². The standard InChI is InChI=1S/C17H17BrF2O3S/c1-4-24(21,22)17(2,3)11-5-7-15(13(18)9-11)23-16-8-6-12(19)10-14(16)20/h5-10H,4H2,1-3H3. The highest BCUT2D eigenvalue weighted by Crippen LogP contribution is 2.37. The summed E-state index contributed by atoms with van der Waals surface area (Å²) in [5, 5.41) is 0. The Morgan fingerprint density at radius 2 is 1.71 bits per heavy atom. The molecular weight excluding hydrogens is 402 g/mol. The first kappa shape index (κ1) is 18.9. The number of halogens is 3. The van der Waals surface area contributed by atoms with Crippen LogP contribution in [0.1, 0.15) is 26.3 Å². The quantitative estimate of drug-likeness (QED) is 0.670. The maximum absolute atomic E-state index is 13.7. The molecule has 0 radical (unpaired) electrons. The van der Waals surface area contributed by atoms with E-state index in [0.717, 1.165) is 12.1 Å². The molecule has 0 unspecified atom stereocenters. The second kappa shape index (κ2) is 6.80. The maximum atomic E-state index is 13.7. The molecule has 0 spiro atoms. The van der Waals surface area contributed by atoms with Crippen LogP contribution >= 0.6 is 15.9 Å². The normalized spacial score (nSPS) is 12.2. The Hall–Kier alpha value is -1.47. The van der Waals surface area contributed by atoms with E-state index in [0.29, 0.717) is 15.8 Å². The second-order valence-electron chi connectivity index (χ2n) is 5.74. The molecule has 0 fully saturated rings. The van der Waals surface area contributed by atoms with E-state index in [2.05, 4.69) is 15.9 Å². The molecule has 0 aliphatic carbocycles. The third-order valence-electron chi connectivity index (χ3n) is 3.90. The zero-order valence-electron chi connectivity index (χ0n) is 13.4. The first-order chi connectivity index (χ1) is 11.1. The van der Waals surface area contributed by atoms with Crippen LogP contribution in [0.2, 0.25) is 0 Å². The highest BCUT2D eigenvalue weighted by Gasteiger charge is 2.34. The van der Waals surface area contributed by atoms with E-state index in [4.69, 9.17) is 4.74 Å². The van der Waals surface area contributed by atoms with E-state index >= 15 is 0 Å². The minimum atomic E-state index is -3.31. The summed E-state index contributed by atoms with van der Waals surface area (Å²) in [6, 6.07) is 7.82. The Balaban J connectivity index is 2.37. The molecule has 2 aromatic rings. The van der Waals surface area contributed by atoms with Crippen molar-refractivity contribution in [3.8, 4) is 11.5 Å². The van der Waals surface area contributed by atoms with Crippen molar-refractivity contribution in [3.63, 3.8) is 0 Å². The van der Waals surface area contributed by atoms with Gasteiger partial charge in [-0.05, 0) is 59.6 Å². The van der Waals surface area contributed by atoms with Crippen LogP contribution in [0.5, 0.6) is 11.5 Å². The summed E-state index contributed by atoms with van der Waals surface area (Å²) in [6.45, 7) is 4.86. The Morgan fingerprint density at radius 3 is 2.25 bits per heavy atom. The van der Waals surface area contributed by atoms with Gasteiger partial charge in [0.1, 0.15) is 11.6 Å². The monoisotopic (exact) mass is 418 g/mol. The van der Waals surface area contributed by atoms with Gasteiger partial charge in [0.2, 0.25) is 0 Å². The molecule has 0 heterocycles. The highest BCUT2D eigenvalue weighted by molar-refractivity contribution is 9.10. The van der Waals surface area contributed by atoms with Crippen molar-refractivity contribution >= 4 is 25.8 Å². The van der Waals surface area contributed by atoms with Gasteiger partial charge < -0.3 is 4.74 Å². The molecule has 0 saturated heterocycles. The van der Waals surface area contributed by atoms with E-state index in [9.17, 15) is 17.2 Å². The van der Waals surface area contributed by atoms with Gasteiger partial charge in [-0.3, -0.25) is 0 Å². The third kappa shape index (κ3) is 3.62. The fraction of sp³-hybridized carbons (Fsp3) is 0.294. The molecular formula is C17H17BrF2O3S. The van der Waals surface area contributed by atoms with Crippen LogP contribution in [0.25, 0.3) is 0 Å². The van der Waals surface area contributed by atoms with Crippen LogP contribution in [-0.4, -0.2) is 14.2 Å². The summed E-state index contributed by atoms with van der Waals surface area (Å²) in [5.74, 6) is -1.31. The van der Waals surface area contributed by atoms with Gasteiger partial charge >= 0.3 is 0 Å². The summed E-state index contributed by atoms with van der Waals surface area (Å²) >= 11 is 3.31. The Kier molecular flexibility index (Phi) is 5.34. The topological polar surface area (TPSA) is 43.4 Å². The molecule has 24 heavy (non-hydrogen) atoms. The van der Waals surface area contributed by atoms with Gasteiger partial charge in [0.25, 0.3) is 0 Å². The predicted molar refractivity (Wildman–Crippen MR) is 93.1 cm³/mol. The molecule has 0 atom stereocenters. The number of sulfone groups is 1. The number of hydrogen-bond acceptors (Lipinski definition) is 3. The van der Waals surface area contributed by atoms with E-state index in [1.54, 1.807) is 39.0 Å². The number of rotatable bonds is 5. The first-order valence-corrected chi connectivity index (χ1v) is 9.68. The lowest BCUT2D eigenvalue weighted by Crippen LogP contribution is -2.30. The van der Waals surface area contributed by atoms with Crippen molar-refractivity contribution in [1.82, 2.24) is 0 Å². The first-order valence-electron chi connectivity index (χ1n) is 7.23. The molecule has 0 bridgehead atoms. The highest BCUT2D eigenvalue weighted by atomic mass is 79.9. The number of benzene rings is 2. The number of hydrogen-bond donors (Lipinski definition) is 0. The van der Waals surface area contributed by atoms with E-state index in [1.165, 1.54) is 6.07 Å². The van der Waals surface area contributed by atoms with Crippen molar-refractivity contribution < 1.29 is 21.9 Å². The third-order valence-corrected chi connectivity index (χ3v) is 7.07. The van der Waals surface area contributed by atoms with Crippen molar-refractivity contribution in [1.29, 1.82) is 0 Å². The molecule has 0 aliphatic rings. The van der Waals surface area contributed by atoms with Crippen LogP contribution in [0.4, 0.5) is 8.78 Å². The average molecular weight is 419 g/mol. The minimum absolute atomic E-state index is 0.0245. The van der Waals surface area contributed by atoms with Gasteiger partial charge in [0.05, 0.1) is 9.22 Å². The maximum Gasteiger partial charge on any atom is 0.168 e. The van der Waals surface area contributed by atoms with E-state index in [-0.39, 0.29) is 11.5 Å². The lowest BCUT2D eigenvalue weighted by Gasteiger charge is -2.25. The molecule has 130 valence electrons. The summed E-state index contributed by atoms with van der Waals surface area (Å²) in [6.07, 6.45) is 0. The Labute approximate surface area is 148 Å². The van der Waals surface area contributed by atoms with E-state index < -0.39 is 26.2 Å². The molecule has 7 heteroatoms. The van der Waals surface area contributed by atoms with Crippen LogP contribution in [0.15, 0.2) is 40.9 Å². The van der Waals surface area contributed by atoms with Crippen LogP contribution in [0.3, 0.4) is 0 Å². The van der Waals surface area contributed by atoms with Crippen LogP contribution < -0.4 is 4.74 Å². The van der Waals surface area contributed by atoms with Gasteiger partial charge in [-0.2, -0.15) is 0 Å². The summed E-state index contributed by atoms with van der Waals surface area (Å²) < 4.78 is 56.0. The number of ether oxygens (including phenoxy) is 1. The molecule has 0 N–H and O–H groups in total. The zero-order chi connectivity index (χ0) is 18.1. The lowest BCUT2D eigenvalue weighted by molar-refractivity contribution is 0.435. The van der Waals surface area contributed by atoms with Gasteiger partial charge in [-0.25, -0.2) is 17.2 Å². The minimum Gasteiger partial charge on any atom is -0.453 e. The average Bonchev–Trinajstić information content (AvgIpc) is 2.51. The van der Waals surface area contributed by atoms with Gasteiger partial charge in [0, 0.05) is 11.8 Å². The molecule has 2 aromatic carbocycles. The van der Waals surface area contributed by atoms with Crippen molar-refractivity contribution in [2.75, 3.05) is 5.75 Å². The molecule has 0 aromatic heterocycles. The second-order valence-corrected chi connectivity index (χ2v) is 9.42. The van der Waals surface area contributed by atoms with Crippen molar-refractivity contribution in [2.24, 2.45) is 0 Å². The molecule has 2 rings (SSSR count). The fourth-order valence-electron chi connectivity index (χ4n) is 2.17. The largest absolute Gasteiger partial charge is 0.453 e. The predicted octanol–water partition coefficient (Wildman–Crippen LogP) is 5.19. The molecule has 0 amide bonds. The fourth-order valence-corrected chi connectivity index (χ4v) is 3.84. The van der Waals surface area contributed by atoms with Crippen LogP contribution in [0, 0.1) is 11.6 Å². The van der Waals surface area contributed by atoms with Gasteiger partial charge in [0.15, 0.2) is 21.4 Å². The zero-order valence-corrected chi connectivity index (χ0v) is 15.8. The SMILES string of the molecule is CCS(=O)(=O)C(C)(C)c1ccc(Oc2ccc(F)cc2F)c(Br)c1. The Bertz CT molecular complexity index is 864. The summed E-state index contributed by atoms with van der Waals surface area (Å²) in [7, 11) is -3.31. The van der Waals surface area contributed by atoms with Gasteiger partial charge in [-0.15, -0.1) is 0 Å². The molecule has 0 saturated carbocycles. The lowest BCUT2D eigenvalue weighted by atomic mass is 10.0. The molecule has 3 nitrogen and oxygen atoms in total. The van der Waals surface area contributed by atoms with Crippen molar-refractivity contribution in [2.45, 2.75) is 25.5 Å². The smallest absolute Gasteiger partial charge is 0.168 e. The molecule has 0 aliphatic heterocycles. The summed E-state index contributed by atoms with van der Waals surface area (Å²) in [5.41, 5.74) is 0.586. The van der Waals surface area contributed by atoms with E-state index in [1.807, 2.05) is 0 Å². The van der Waals surface area contributed by atoms with Crippen LogP contribution in [-0.2, 0) is 14.6 Å². The van der Waals surface area contributed by atoms with Gasteiger partial charge in [-0.1, -0.05) is 13.0 Å². The Morgan fingerprint density at radius 1 is 1.08 bits per heavy atom. The summed E-state index contributed by atoms with van der Waals surface area (Å²) in [4.78, 5) is 0.